The number of hydrogen-bond acceptors (Lipinski definition) is 5. The van der Waals surface area contributed by atoms with Crippen LogP contribution >= 0.6 is 0 Å². The largest absolute Gasteiger partial charge is 0.508 e. The van der Waals surface area contributed by atoms with Crippen molar-refractivity contribution in [3.8, 4) is 5.75 Å². The first-order valence-electron chi connectivity index (χ1n) is 12.7. The Bertz CT molecular complexity index is 1010. The van der Waals surface area contributed by atoms with E-state index >= 15 is 0 Å². The van der Waals surface area contributed by atoms with Crippen LogP contribution in [0.15, 0.2) is 72.8 Å². The van der Waals surface area contributed by atoms with Crippen molar-refractivity contribution in [2.45, 2.75) is 37.3 Å². The predicted octanol–water partition coefficient (Wildman–Crippen LogP) is 4.72. The number of nitrogens with zero attached hydrogens (tertiary/aromatic N) is 1. The van der Waals surface area contributed by atoms with Crippen LogP contribution in [0.1, 0.15) is 36.3 Å². The van der Waals surface area contributed by atoms with E-state index < -0.39 is 6.10 Å². The Hall–Kier alpha value is -3.00. The number of halogens is 2. The first-order valence-corrected chi connectivity index (χ1v) is 12.7. The molecule has 0 spiro atoms. The zero-order valence-corrected chi connectivity index (χ0v) is 20.4. The van der Waals surface area contributed by atoms with Crippen LogP contribution in [-0.4, -0.2) is 60.0 Å². The van der Waals surface area contributed by atoms with E-state index in [1.807, 2.05) is 0 Å². The molecule has 1 heterocycles. The lowest BCUT2D eigenvalue weighted by molar-refractivity contribution is 0.0433. The highest BCUT2D eigenvalue weighted by Gasteiger charge is 2.27. The second-order valence-electron chi connectivity index (χ2n) is 9.44. The normalized spacial score (nSPS) is 16.1. The Morgan fingerprint density at radius 3 is 1.92 bits per heavy atom. The zero-order valence-electron chi connectivity index (χ0n) is 20.4. The molecule has 3 aromatic carbocycles. The van der Waals surface area contributed by atoms with E-state index in [1.54, 1.807) is 48.5 Å². The fourth-order valence-corrected chi connectivity index (χ4v) is 5.02. The van der Waals surface area contributed by atoms with Gasteiger partial charge in [-0.1, -0.05) is 30.7 Å². The Kier molecular flexibility index (Phi) is 9.28. The van der Waals surface area contributed by atoms with E-state index in [4.69, 9.17) is 0 Å². The number of rotatable bonds is 11. The SMILES string of the molecule is Oc1ccc(NCC(O)C(CCCC(c2ccc(F)cc2)c2ccc(F)cc2)N2CCNCC2)cc1. The molecule has 0 aromatic heterocycles. The number of nitrogens with one attached hydrogen (secondary N) is 2. The van der Waals surface area contributed by atoms with Crippen molar-refractivity contribution in [3.05, 3.63) is 95.6 Å². The standard InChI is InChI=1S/C29H35F2N3O2/c30-23-8-4-21(5-9-23)27(22-6-10-24(31)11-7-22)2-1-3-28(34-18-16-32-17-19-34)29(36)20-33-25-12-14-26(35)15-13-25/h4-15,27-29,32-33,35-36H,1-3,16-20H2. The molecule has 0 bridgehead atoms. The topological polar surface area (TPSA) is 67.8 Å². The number of aromatic hydroxyl groups is 1. The van der Waals surface area contributed by atoms with E-state index in [0.717, 1.165) is 62.3 Å². The maximum absolute atomic E-state index is 13.6. The quantitative estimate of drug-likeness (QED) is 0.290. The summed E-state index contributed by atoms with van der Waals surface area (Å²) in [5, 5.41) is 27.3. The van der Waals surface area contributed by atoms with Gasteiger partial charge in [0.05, 0.1) is 6.10 Å². The molecule has 0 radical (unpaired) electrons. The maximum Gasteiger partial charge on any atom is 0.123 e. The first kappa shape index (κ1) is 26.1. The predicted molar refractivity (Wildman–Crippen MR) is 139 cm³/mol. The van der Waals surface area contributed by atoms with Crippen molar-refractivity contribution < 1.29 is 19.0 Å². The number of piperazine rings is 1. The Morgan fingerprint density at radius 1 is 0.806 bits per heavy atom. The molecular formula is C29H35F2N3O2. The highest BCUT2D eigenvalue weighted by atomic mass is 19.1. The molecular weight excluding hydrogens is 460 g/mol. The summed E-state index contributed by atoms with van der Waals surface area (Å²) in [4.78, 5) is 2.35. The fourth-order valence-electron chi connectivity index (χ4n) is 5.02. The van der Waals surface area contributed by atoms with Gasteiger partial charge in [0.15, 0.2) is 0 Å². The summed E-state index contributed by atoms with van der Waals surface area (Å²) < 4.78 is 27.1. The number of phenols is 1. The number of phenolic OH excluding ortho intramolecular Hbond substituents is 1. The van der Waals surface area contributed by atoms with Crippen LogP contribution in [0.4, 0.5) is 14.5 Å². The molecule has 1 aliphatic heterocycles. The number of aliphatic hydroxyl groups is 1. The fraction of sp³-hybridized carbons (Fsp3) is 0.379. The van der Waals surface area contributed by atoms with Gasteiger partial charge in [0, 0.05) is 50.4 Å². The molecule has 0 saturated carbocycles. The Labute approximate surface area is 211 Å². The number of aliphatic hydroxyl groups excluding tert-OH is 1. The molecule has 1 saturated heterocycles. The minimum Gasteiger partial charge on any atom is -0.508 e. The molecule has 7 heteroatoms. The average Bonchev–Trinajstić information content (AvgIpc) is 2.90. The van der Waals surface area contributed by atoms with Gasteiger partial charge in [-0.15, -0.1) is 0 Å². The van der Waals surface area contributed by atoms with Gasteiger partial charge in [-0.05, 0) is 72.5 Å². The van der Waals surface area contributed by atoms with Gasteiger partial charge in [-0.25, -0.2) is 8.78 Å². The van der Waals surface area contributed by atoms with Crippen LogP contribution in [0.3, 0.4) is 0 Å². The second-order valence-corrected chi connectivity index (χ2v) is 9.44. The van der Waals surface area contributed by atoms with Gasteiger partial charge in [-0.2, -0.15) is 0 Å². The zero-order chi connectivity index (χ0) is 25.3. The van der Waals surface area contributed by atoms with Crippen LogP contribution < -0.4 is 10.6 Å². The van der Waals surface area contributed by atoms with Crippen molar-refractivity contribution in [1.82, 2.24) is 10.2 Å². The van der Waals surface area contributed by atoms with E-state index in [0.29, 0.717) is 6.54 Å². The van der Waals surface area contributed by atoms with E-state index in [9.17, 15) is 19.0 Å². The van der Waals surface area contributed by atoms with Crippen molar-refractivity contribution >= 4 is 5.69 Å². The van der Waals surface area contributed by atoms with Crippen molar-refractivity contribution in [2.24, 2.45) is 0 Å². The molecule has 4 N–H and O–H groups in total. The summed E-state index contributed by atoms with van der Waals surface area (Å²) in [6.45, 7) is 3.93. The number of hydrogen-bond donors (Lipinski definition) is 4. The Balaban J connectivity index is 1.43. The minimum atomic E-state index is -0.577. The molecule has 4 rings (SSSR count). The molecule has 1 fully saturated rings. The van der Waals surface area contributed by atoms with Crippen LogP contribution in [0, 0.1) is 11.6 Å². The van der Waals surface area contributed by atoms with Gasteiger partial charge in [0.2, 0.25) is 0 Å². The lowest BCUT2D eigenvalue weighted by atomic mass is 9.86. The molecule has 36 heavy (non-hydrogen) atoms. The summed E-state index contributed by atoms with van der Waals surface area (Å²) in [5.74, 6) is -0.335. The highest BCUT2D eigenvalue weighted by molar-refractivity contribution is 5.46. The summed E-state index contributed by atoms with van der Waals surface area (Å²) >= 11 is 0. The van der Waals surface area contributed by atoms with Crippen LogP contribution in [0.25, 0.3) is 0 Å². The van der Waals surface area contributed by atoms with Gasteiger partial charge < -0.3 is 20.8 Å². The first-order chi connectivity index (χ1) is 17.5. The summed E-state index contributed by atoms with van der Waals surface area (Å²) in [5.41, 5.74) is 2.84. The third kappa shape index (κ3) is 7.26. The molecule has 0 amide bonds. The minimum absolute atomic E-state index is 0.0150. The molecule has 2 unspecified atom stereocenters. The molecule has 2 atom stereocenters. The second kappa shape index (κ2) is 12.8. The maximum atomic E-state index is 13.6. The third-order valence-electron chi connectivity index (χ3n) is 6.98. The number of benzene rings is 3. The monoisotopic (exact) mass is 495 g/mol. The van der Waals surface area contributed by atoms with Gasteiger partial charge in [0.1, 0.15) is 17.4 Å². The van der Waals surface area contributed by atoms with E-state index in [1.165, 1.54) is 24.3 Å². The van der Waals surface area contributed by atoms with Crippen molar-refractivity contribution in [1.29, 1.82) is 0 Å². The van der Waals surface area contributed by atoms with Crippen LogP contribution in [0.5, 0.6) is 5.75 Å². The Morgan fingerprint density at radius 2 is 1.36 bits per heavy atom. The van der Waals surface area contributed by atoms with Crippen LogP contribution in [-0.2, 0) is 0 Å². The summed E-state index contributed by atoms with van der Waals surface area (Å²) in [6.07, 6.45) is 1.88. The van der Waals surface area contributed by atoms with E-state index in [-0.39, 0.29) is 29.3 Å². The highest BCUT2D eigenvalue weighted by Crippen LogP contribution is 2.31. The molecule has 192 valence electrons. The summed E-state index contributed by atoms with van der Waals surface area (Å²) in [7, 11) is 0. The van der Waals surface area contributed by atoms with Gasteiger partial charge >= 0.3 is 0 Å². The third-order valence-corrected chi connectivity index (χ3v) is 6.98. The van der Waals surface area contributed by atoms with Crippen LogP contribution in [0.2, 0.25) is 0 Å². The molecule has 0 aliphatic carbocycles. The molecule has 3 aromatic rings. The lowest BCUT2D eigenvalue weighted by Gasteiger charge is -2.38. The lowest BCUT2D eigenvalue weighted by Crippen LogP contribution is -2.53. The average molecular weight is 496 g/mol. The summed E-state index contributed by atoms with van der Waals surface area (Å²) in [6, 6.07) is 19.9. The smallest absolute Gasteiger partial charge is 0.123 e. The van der Waals surface area contributed by atoms with E-state index in [2.05, 4.69) is 15.5 Å². The van der Waals surface area contributed by atoms with Gasteiger partial charge in [0.25, 0.3) is 0 Å². The van der Waals surface area contributed by atoms with Crippen molar-refractivity contribution in [2.75, 3.05) is 38.0 Å². The van der Waals surface area contributed by atoms with Gasteiger partial charge in [-0.3, -0.25) is 4.90 Å². The molecule has 1 aliphatic rings. The molecule has 5 nitrogen and oxygen atoms in total. The number of anilines is 1. The van der Waals surface area contributed by atoms with Crippen molar-refractivity contribution in [3.63, 3.8) is 0 Å².